The summed E-state index contributed by atoms with van der Waals surface area (Å²) in [4.78, 5) is 14.7. The molecule has 0 unspecified atom stereocenters. The van der Waals surface area contributed by atoms with E-state index in [4.69, 9.17) is 0 Å². The Morgan fingerprint density at radius 2 is 1.60 bits per heavy atom. The first-order chi connectivity index (χ1) is 13.4. The van der Waals surface area contributed by atoms with Crippen molar-refractivity contribution in [3.63, 3.8) is 0 Å². The molecule has 5 nitrogen and oxygen atoms in total. The standard InChI is InChI=1S/C17H8F7N3O2.Zn/c1-6-9(13(28)7-2-4-8(18)5-3-7)16(29)27(26-6)12-10(19)14(17(22,23)24)25-15(21)11(12)20;/h2-5,29H,1H3;. The second kappa shape index (κ2) is 8.13. The second-order valence-corrected chi connectivity index (χ2v) is 5.76. The summed E-state index contributed by atoms with van der Waals surface area (Å²) in [6, 6.07) is 3.94. The van der Waals surface area contributed by atoms with E-state index >= 15 is 0 Å². The summed E-state index contributed by atoms with van der Waals surface area (Å²) in [7, 11) is 0. The molecular formula is C17H8F7N3O2Zn. The van der Waals surface area contributed by atoms with Crippen molar-refractivity contribution in [2.24, 2.45) is 0 Å². The quantitative estimate of drug-likeness (QED) is 0.263. The van der Waals surface area contributed by atoms with E-state index in [-0.39, 0.29) is 35.4 Å². The molecule has 30 heavy (non-hydrogen) atoms. The SMILES string of the molecule is Cc1nn(-c2c(F)c(F)nc(C(F)(F)F)c2F)c(O)c1C(=O)c1ccc(F)cc1.[Zn]. The Labute approximate surface area is 175 Å². The summed E-state index contributed by atoms with van der Waals surface area (Å²) in [5.41, 5.74) is -5.18. The van der Waals surface area contributed by atoms with Gasteiger partial charge in [-0.05, 0) is 31.2 Å². The topological polar surface area (TPSA) is 68.0 Å². The van der Waals surface area contributed by atoms with Crippen LogP contribution in [0.1, 0.15) is 27.3 Å². The van der Waals surface area contributed by atoms with Gasteiger partial charge in [0.2, 0.25) is 11.7 Å². The van der Waals surface area contributed by atoms with Crippen molar-refractivity contribution in [2.45, 2.75) is 13.1 Å². The number of benzene rings is 1. The number of aromatic hydroxyl groups is 1. The van der Waals surface area contributed by atoms with Crippen LogP contribution in [0.5, 0.6) is 5.88 Å². The van der Waals surface area contributed by atoms with Crippen LogP contribution in [-0.4, -0.2) is 25.7 Å². The van der Waals surface area contributed by atoms with E-state index in [0.717, 1.165) is 31.2 Å². The van der Waals surface area contributed by atoms with Gasteiger partial charge in [-0.25, -0.2) is 13.8 Å². The molecule has 1 N–H and O–H groups in total. The monoisotopic (exact) mass is 483 g/mol. The van der Waals surface area contributed by atoms with E-state index in [9.17, 15) is 40.6 Å². The fourth-order valence-corrected chi connectivity index (χ4v) is 2.56. The third kappa shape index (κ3) is 3.93. The number of pyridine rings is 1. The number of ketones is 1. The molecule has 0 aliphatic heterocycles. The average Bonchev–Trinajstić information content (AvgIpc) is 2.91. The number of hydrogen-bond acceptors (Lipinski definition) is 4. The maximum Gasteiger partial charge on any atom is 0.436 e. The van der Waals surface area contributed by atoms with E-state index in [1.54, 1.807) is 0 Å². The molecule has 0 aliphatic rings. The van der Waals surface area contributed by atoms with Crippen LogP contribution in [0.4, 0.5) is 30.7 Å². The molecule has 0 radical (unpaired) electrons. The van der Waals surface area contributed by atoms with Crippen LogP contribution in [0.2, 0.25) is 0 Å². The Bertz CT molecular complexity index is 1130. The van der Waals surface area contributed by atoms with Gasteiger partial charge in [-0.2, -0.15) is 31.7 Å². The maximum absolute atomic E-state index is 14.3. The van der Waals surface area contributed by atoms with Crippen LogP contribution >= 0.6 is 0 Å². The molecule has 0 amide bonds. The normalized spacial score (nSPS) is 11.3. The summed E-state index contributed by atoms with van der Waals surface area (Å²) in [5.74, 6) is -9.66. The molecule has 1 aromatic carbocycles. The molecule has 3 aromatic rings. The van der Waals surface area contributed by atoms with Crippen molar-refractivity contribution in [3.8, 4) is 11.6 Å². The van der Waals surface area contributed by atoms with Crippen LogP contribution in [0.25, 0.3) is 5.69 Å². The van der Waals surface area contributed by atoms with Crippen molar-refractivity contribution >= 4 is 5.78 Å². The van der Waals surface area contributed by atoms with E-state index in [0.29, 0.717) is 0 Å². The van der Waals surface area contributed by atoms with Crippen LogP contribution in [0, 0.1) is 30.3 Å². The molecule has 0 aliphatic carbocycles. The van der Waals surface area contributed by atoms with E-state index in [1.165, 1.54) is 0 Å². The number of rotatable bonds is 3. The molecular weight excluding hydrogens is 477 g/mol. The molecule has 0 spiro atoms. The third-order valence-corrected chi connectivity index (χ3v) is 3.86. The van der Waals surface area contributed by atoms with Crippen molar-refractivity contribution in [1.29, 1.82) is 0 Å². The first-order valence-electron chi connectivity index (χ1n) is 7.64. The fraction of sp³-hybridized carbons (Fsp3) is 0.118. The van der Waals surface area contributed by atoms with Gasteiger partial charge in [-0.15, -0.1) is 0 Å². The molecule has 2 aromatic heterocycles. The van der Waals surface area contributed by atoms with E-state index in [1.807, 2.05) is 0 Å². The number of carbonyl (C=O) groups excluding carboxylic acids is 1. The van der Waals surface area contributed by atoms with Crippen molar-refractivity contribution < 1.29 is 60.1 Å². The van der Waals surface area contributed by atoms with E-state index < -0.39 is 58.2 Å². The number of aromatic nitrogens is 3. The molecule has 13 heteroatoms. The summed E-state index contributed by atoms with van der Waals surface area (Å²) in [6.45, 7) is 1.12. The van der Waals surface area contributed by atoms with Crippen molar-refractivity contribution in [1.82, 2.24) is 14.8 Å². The zero-order valence-corrected chi connectivity index (χ0v) is 17.8. The Kier molecular flexibility index (Phi) is 6.36. The zero-order chi connectivity index (χ0) is 21.7. The van der Waals surface area contributed by atoms with Crippen LogP contribution in [-0.2, 0) is 25.7 Å². The fourth-order valence-electron chi connectivity index (χ4n) is 2.56. The number of hydrogen-bond donors (Lipinski definition) is 1. The number of halogens is 7. The Balaban J connectivity index is 0.00000320. The summed E-state index contributed by atoms with van der Waals surface area (Å²) < 4.78 is 93.4. The van der Waals surface area contributed by atoms with Gasteiger partial charge in [0.25, 0.3) is 5.95 Å². The summed E-state index contributed by atoms with van der Waals surface area (Å²) >= 11 is 0. The van der Waals surface area contributed by atoms with Gasteiger partial charge < -0.3 is 5.11 Å². The molecule has 0 bridgehead atoms. The Morgan fingerprint density at radius 1 is 1.03 bits per heavy atom. The first-order valence-corrected chi connectivity index (χ1v) is 7.64. The average molecular weight is 485 g/mol. The molecule has 0 saturated heterocycles. The van der Waals surface area contributed by atoms with Gasteiger partial charge in [0.1, 0.15) is 17.1 Å². The van der Waals surface area contributed by atoms with Crippen molar-refractivity contribution in [3.05, 3.63) is 70.2 Å². The number of carbonyl (C=O) groups is 1. The van der Waals surface area contributed by atoms with Gasteiger partial charge in [0.15, 0.2) is 17.3 Å². The Hall–Kier alpha value is -2.82. The number of nitrogens with zero attached hydrogens (tertiary/aromatic N) is 3. The molecule has 0 atom stereocenters. The largest absolute Gasteiger partial charge is 0.493 e. The Morgan fingerprint density at radius 3 is 2.13 bits per heavy atom. The zero-order valence-electron chi connectivity index (χ0n) is 14.9. The van der Waals surface area contributed by atoms with Crippen LogP contribution in [0.15, 0.2) is 24.3 Å². The predicted octanol–water partition coefficient (Wildman–Crippen LogP) is 4.09. The first kappa shape index (κ1) is 23.5. The molecule has 154 valence electrons. The minimum atomic E-state index is -5.47. The minimum absolute atomic E-state index is 0. The molecule has 3 rings (SSSR count). The second-order valence-electron chi connectivity index (χ2n) is 5.76. The van der Waals surface area contributed by atoms with Gasteiger partial charge in [-0.3, -0.25) is 4.79 Å². The summed E-state index contributed by atoms with van der Waals surface area (Å²) in [5, 5.41) is 13.7. The predicted molar refractivity (Wildman–Crippen MR) is 82.5 cm³/mol. The number of alkyl halides is 3. The van der Waals surface area contributed by atoms with Gasteiger partial charge in [0, 0.05) is 25.0 Å². The van der Waals surface area contributed by atoms with Gasteiger partial charge in [0.05, 0.1) is 5.69 Å². The van der Waals surface area contributed by atoms with Gasteiger partial charge in [-0.1, -0.05) is 0 Å². The smallest absolute Gasteiger partial charge is 0.436 e. The van der Waals surface area contributed by atoms with Gasteiger partial charge >= 0.3 is 6.18 Å². The van der Waals surface area contributed by atoms with Crippen molar-refractivity contribution in [2.75, 3.05) is 0 Å². The van der Waals surface area contributed by atoms with Crippen LogP contribution in [0.3, 0.4) is 0 Å². The van der Waals surface area contributed by atoms with Crippen LogP contribution < -0.4 is 0 Å². The number of aryl methyl sites for hydroxylation is 1. The molecule has 0 fully saturated rings. The summed E-state index contributed by atoms with van der Waals surface area (Å²) in [6.07, 6.45) is -5.47. The third-order valence-electron chi connectivity index (χ3n) is 3.86. The maximum atomic E-state index is 14.3. The molecule has 2 heterocycles. The van der Waals surface area contributed by atoms with E-state index in [2.05, 4.69) is 10.1 Å². The molecule has 0 saturated carbocycles. The minimum Gasteiger partial charge on any atom is -0.493 e.